The summed E-state index contributed by atoms with van der Waals surface area (Å²) in [5, 5.41) is 29.8. The van der Waals surface area contributed by atoms with Gasteiger partial charge >= 0.3 is 5.97 Å². The highest BCUT2D eigenvalue weighted by Crippen LogP contribution is 2.38. The predicted molar refractivity (Wildman–Crippen MR) is 94.0 cm³/mol. The summed E-state index contributed by atoms with van der Waals surface area (Å²) in [6, 6.07) is 4.68. The van der Waals surface area contributed by atoms with Crippen molar-refractivity contribution in [3.05, 3.63) is 51.3 Å². The SMILES string of the molecule is CC(=O)C1=C(O)C(=O)N(CCCCCC(=O)O)C1c1cccc([N+](=O)[O-])c1. The van der Waals surface area contributed by atoms with E-state index in [4.69, 9.17) is 5.11 Å². The minimum atomic E-state index is -0.908. The fraction of sp³-hybridized carbons (Fsp3) is 0.389. The molecule has 1 aromatic carbocycles. The Bertz CT molecular complexity index is 816. The first-order chi connectivity index (χ1) is 12.7. The molecule has 0 bridgehead atoms. The quantitative estimate of drug-likeness (QED) is 0.383. The van der Waals surface area contributed by atoms with E-state index in [-0.39, 0.29) is 24.2 Å². The van der Waals surface area contributed by atoms with Crippen LogP contribution in [0.2, 0.25) is 0 Å². The van der Waals surface area contributed by atoms with E-state index in [9.17, 15) is 29.6 Å². The van der Waals surface area contributed by atoms with E-state index in [1.54, 1.807) is 6.07 Å². The summed E-state index contributed by atoms with van der Waals surface area (Å²) >= 11 is 0. The van der Waals surface area contributed by atoms with Gasteiger partial charge in [-0.1, -0.05) is 18.6 Å². The smallest absolute Gasteiger partial charge is 0.303 e. The molecule has 1 atom stereocenters. The molecule has 1 unspecified atom stereocenters. The third-order valence-corrected chi connectivity index (χ3v) is 4.37. The van der Waals surface area contributed by atoms with Gasteiger partial charge in [0.2, 0.25) is 0 Å². The number of nitrogens with zero attached hydrogens (tertiary/aromatic N) is 2. The average molecular weight is 376 g/mol. The summed E-state index contributed by atoms with van der Waals surface area (Å²) in [6.45, 7) is 1.41. The number of aliphatic hydroxyl groups excluding tert-OH is 1. The van der Waals surface area contributed by atoms with Crippen LogP contribution in [0.15, 0.2) is 35.6 Å². The first-order valence-corrected chi connectivity index (χ1v) is 8.45. The molecule has 0 fully saturated rings. The van der Waals surface area contributed by atoms with Gasteiger partial charge in [0.15, 0.2) is 11.5 Å². The molecule has 2 N–H and O–H groups in total. The summed E-state index contributed by atoms with van der Waals surface area (Å²) in [4.78, 5) is 46.8. The number of aliphatic hydroxyl groups is 1. The zero-order valence-corrected chi connectivity index (χ0v) is 14.8. The normalized spacial score (nSPS) is 16.7. The summed E-state index contributed by atoms with van der Waals surface area (Å²) in [5.41, 5.74) is 0.0824. The van der Waals surface area contributed by atoms with Gasteiger partial charge < -0.3 is 15.1 Å². The van der Waals surface area contributed by atoms with Gasteiger partial charge in [-0.25, -0.2) is 0 Å². The van der Waals surface area contributed by atoms with Crippen LogP contribution < -0.4 is 0 Å². The molecule has 0 spiro atoms. The van der Waals surface area contributed by atoms with Gasteiger partial charge in [-0.05, 0) is 25.3 Å². The number of benzene rings is 1. The number of nitro benzene ring substituents is 1. The van der Waals surface area contributed by atoms with E-state index >= 15 is 0 Å². The van der Waals surface area contributed by atoms with Gasteiger partial charge in [-0.15, -0.1) is 0 Å². The molecule has 9 heteroatoms. The molecule has 1 aliphatic rings. The second-order valence-electron chi connectivity index (χ2n) is 6.28. The van der Waals surface area contributed by atoms with Gasteiger partial charge in [0.1, 0.15) is 0 Å². The number of carbonyl (C=O) groups excluding carboxylic acids is 2. The summed E-state index contributed by atoms with van der Waals surface area (Å²) in [5.74, 6) is -2.76. The Morgan fingerprint density at radius 1 is 1.26 bits per heavy atom. The molecule has 1 amide bonds. The lowest BCUT2D eigenvalue weighted by Gasteiger charge is -2.26. The average Bonchev–Trinajstić information content (AvgIpc) is 2.86. The monoisotopic (exact) mass is 376 g/mol. The molecule has 144 valence electrons. The van der Waals surface area contributed by atoms with Gasteiger partial charge in [0, 0.05) is 25.1 Å². The molecular weight excluding hydrogens is 356 g/mol. The van der Waals surface area contributed by atoms with Crippen molar-refractivity contribution < 1.29 is 29.5 Å². The second kappa shape index (κ2) is 8.43. The Balaban J connectivity index is 2.28. The molecule has 2 rings (SSSR count). The third-order valence-electron chi connectivity index (χ3n) is 4.37. The van der Waals surface area contributed by atoms with Crippen molar-refractivity contribution in [2.24, 2.45) is 0 Å². The number of Topliss-reactive ketones (excluding diaryl/α,β-unsaturated/α-hetero) is 1. The molecule has 0 radical (unpaired) electrons. The number of unbranched alkanes of at least 4 members (excludes halogenated alkanes) is 2. The topological polar surface area (TPSA) is 138 Å². The van der Waals surface area contributed by atoms with Crippen LogP contribution >= 0.6 is 0 Å². The van der Waals surface area contributed by atoms with Crippen molar-refractivity contribution >= 4 is 23.3 Å². The predicted octanol–water partition coefficient (Wildman–Crippen LogP) is 2.52. The lowest BCUT2D eigenvalue weighted by atomic mass is 9.96. The maximum Gasteiger partial charge on any atom is 0.303 e. The Morgan fingerprint density at radius 2 is 1.96 bits per heavy atom. The van der Waals surface area contributed by atoms with E-state index < -0.39 is 34.4 Å². The molecule has 0 saturated heterocycles. The summed E-state index contributed by atoms with van der Waals surface area (Å²) < 4.78 is 0. The fourth-order valence-electron chi connectivity index (χ4n) is 3.13. The van der Waals surface area contributed by atoms with Crippen LogP contribution in [0.1, 0.15) is 44.2 Å². The summed E-state index contributed by atoms with van der Waals surface area (Å²) in [7, 11) is 0. The minimum absolute atomic E-state index is 0.0183. The van der Waals surface area contributed by atoms with Crippen molar-refractivity contribution in [2.45, 2.75) is 38.6 Å². The van der Waals surface area contributed by atoms with Crippen molar-refractivity contribution in [3.8, 4) is 0 Å². The Labute approximate surface area is 155 Å². The van der Waals surface area contributed by atoms with Crippen molar-refractivity contribution in [1.82, 2.24) is 4.90 Å². The zero-order valence-electron chi connectivity index (χ0n) is 14.8. The van der Waals surface area contributed by atoms with Crippen LogP contribution in [0.25, 0.3) is 0 Å². The number of hydrogen-bond acceptors (Lipinski definition) is 6. The zero-order chi connectivity index (χ0) is 20.1. The second-order valence-corrected chi connectivity index (χ2v) is 6.28. The van der Waals surface area contributed by atoms with Crippen LogP contribution in [0.4, 0.5) is 5.69 Å². The molecule has 1 heterocycles. The molecule has 27 heavy (non-hydrogen) atoms. The Kier molecular flexibility index (Phi) is 6.27. The van der Waals surface area contributed by atoms with Gasteiger partial charge in [-0.2, -0.15) is 0 Å². The lowest BCUT2D eigenvalue weighted by Crippen LogP contribution is -2.32. The highest BCUT2D eigenvalue weighted by Gasteiger charge is 2.42. The fourth-order valence-corrected chi connectivity index (χ4v) is 3.13. The van der Waals surface area contributed by atoms with Crippen LogP contribution in [0, 0.1) is 10.1 Å². The highest BCUT2D eigenvalue weighted by molar-refractivity contribution is 6.08. The Hall–Kier alpha value is -3.23. The standard InChI is InChI=1S/C18H20N2O7/c1-11(21)15-16(12-6-5-7-13(10-12)20(26)27)19(18(25)17(15)24)9-4-2-3-8-14(22)23/h5-7,10,16,24H,2-4,8-9H2,1H3,(H,22,23). The van der Waals surface area contributed by atoms with Crippen LogP contribution in [-0.4, -0.2) is 44.2 Å². The third kappa shape index (κ3) is 4.49. The van der Waals surface area contributed by atoms with Crippen molar-refractivity contribution in [3.63, 3.8) is 0 Å². The number of carboxylic acid groups (broad SMARTS) is 1. The van der Waals surface area contributed by atoms with Gasteiger partial charge in [0.05, 0.1) is 16.5 Å². The van der Waals surface area contributed by atoms with Crippen LogP contribution in [0.3, 0.4) is 0 Å². The molecule has 9 nitrogen and oxygen atoms in total. The van der Waals surface area contributed by atoms with Crippen LogP contribution in [0.5, 0.6) is 0 Å². The maximum absolute atomic E-state index is 12.4. The lowest BCUT2D eigenvalue weighted by molar-refractivity contribution is -0.384. The van der Waals surface area contributed by atoms with Crippen molar-refractivity contribution in [1.29, 1.82) is 0 Å². The molecular formula is C18H20N2O7. The number of ketones is 1. The first-order valence-electron chi connectivity index (χ1n) is 8.45. The van der Waals surface area contributed by atoms with E-state index in [1.807, 2.05) is 0 Å². The molecule has 0 aromatic heterocycles. The number of carboxylic acids is 1. The summed E-state index contributed by atoms with van der Waals surface area (Å²) in [6.07, 6.45) is 1.49. The number of nitro groups is 1. The number of aliphatic carboxylic acids is 1. The highest BCUT2D eigenvalue weighted by atomic mass is 16.6. The van der Waals surface area contributed by atoms with Crippen molar-refractivity contribution in [2.75, 3.05) is 6.54 Å². The van der Waals surface area contributed by atoms with E-state index in [1.165, 1.54) is 30.0 Å². The molecule has 0 aliphatic carbocycles. The maximum atomic E-state index is 12.4. The van der Waals surface area contributed by atoms with Gasteiger partial charge in [-0.3, -0.25) is 24.5 Å². The number of non-ortho nitro benzene ring substituents is 1. The number of rotatable bonds is 9. The minimum Gasteiger partial charge on any atom is -0.503 e. The van der Waals surface area contributed by atoms with E-state index in [0.717, 1.165) is 0 Å². The number of amides is 1. The van der Waals surface area contributed by atoms with Gasteiger partial charge in [0.25, 0.3) is 11.6 Å². The van der Waals surface area contributed by atoms with E-state index in [0.29, 0.717) is 24.8 Å². The molecule has 1 aliphatic heterocycles. The van der Waals surface area contributed by atoms with E-state index in [2.05, 4.69) is 0 Å². The Morgan fingerprint density at radius 3 is 2.56 bits per heavy atom. The first kappa shape index (κ1) is 20.1. The largest absolute Gasteiger partial charge is 0.503 e. The van der Waals surface area contributed by atoms with Crippen LogP contribution in [-0.2, 0) is 14.4 Å². The molecule has 1 aromatic rings. The number of hydrogen-bond donors (Lipinski definition) is 2. The number of carbonyl (C=O) groups is 3. The molecule has 0 saturated carbocycles.